The summed E-state index contributed by atoms with van der Waals surface area (Å²) in [4.78, 5) is 3.73. The fraction of sp³-hybridized carbons (Fsp3) is 0.167. The summed E-state index contributed by atoms with van der Waals surface area (Å²) in [5, 5.41) is 7.32. The van der Waals surface area contributed by atoms with E-state index >= 15 is 0 Å². The average molecular weight is 349 g/mol. The van der Waals surface area contributed by atoms with Crippen LogP contribution in [0.3, 0.4) is 0 Å². The third-order valence-electron chi connectivity index (χ3n) is 6.61. The van der Waals surface area contributed by atoms with Crippen LogP contribution in [-0.2, 0) is 12.8 Å². The second-order valence-electron chi connectivity index (χ2n) is 8.02. The second-order valence-corrected chi connectivity index (χ2v) is 8.02. The van der Waals surface area contributed by atoms with Crippen molar-refractivity contribution in [2.75, 3.05) is 10.6 Å². The molecule has 3 aromatic rings. The van der Waals surface area contributed by atoms with Crippen molar-refractivity contribution < 1.29 is 0 Å². The Bertz CT molecular complexity index is 1190. The summed E-state index contributed by atoms with van der Waals surface area (Å²) < 4.78 is 0. The van der Waals surface area contributed by atoms with Crippen molar-refractivity contribution in [3.63, 3.8) is 0 Å². The van der Waals surface area contributed by atoms with Crippen molar-refractivity contribution in [1.82, 2.24) is 4.98 Å². The highest BCUT2D eigenvalue weighted by Crippen LogP contribution is 2.48. The third-order valence-corrected chi connectivity index (χ3v) is 6.61. The summed E-state index contributed by atoms with van der Waals surface area (Å²) in [6, 6.07) is 17.8. The summed E-state index contributed by atoms with van der Waals surface area (Å²) in [6.45, 7) is 0. The molecule has 0 bridgehead atoms. The lowest BCUT2D eigenvalue weighted by molar-refractivity contribution is 0.810. The molecule has 2 aromatic carbocycles. The number of rotatable bonds is 0. The van der Waals surface area contributed by atoms with E-state index < -0.39 is 0 Å². The van der Waals surface area contributed by atoms with E-state index in [0.29, 0.717) is 12.0 Å². The Labute approximate surface area is 157 Å². The fourth-order valence-electron chi connectivity index (χ4n) is 5.36. The minimum Gasteiger partial charge on any atom is -0.377 e. The quantitative estimate of drug-likeness (QED) is 0.534. The van der Waals surface area contributed by atoms with Crippen molar-refractivity contribution in [3.05, 3.63) is 87.9 Å². The molecule has 0 saturated carbocycles. The molecule has 7 rings (SSSR count). The molecule has 130 valence electrons. The second kappa shape index (κ2) is 4.74. The van der Waals surface area contributed by atoms with Gasteiger partial charge in [0.25, 0.3) is 0 Å². The maximum atomic E-state index is 3.73. The van der Waals surface area contributed by atoms with Crippen molar-refractivity contribution in [2.24, 2.45) is 0 Å². The normalized spacial score (nSPS) is 22.8. The maximum absolute atomic E-state index is 3.73. The molecule has 3 heterocycles. The number of hydrogen-bond donors (Lipinski definition) is 3. The predicted octanol–water partition coefficient (Wildman–Crippen LogP) is 5.01. The van der Waals surface area contributed by atoms with E-state index in [0.717, 1.165) is 12.8 Å². The first-order chi connectivity index (χ1) is 13.3. The minimum absolute atomic E-state index is 0.390. The van der Waals surface area contributed by atoms with Crippen molar-refractivity contribution in [3.8, 4) is 0 Å². The number of para-hydroxylation sites is 2. The lowest BCUT2D eigenvalue weighted by atomic mass is 9.83. The van der Waals surface area contributed by atoms with Crippen LogP contribution in [0, 0.1) is 0 Å². The molecular formula is C24H19N3. The highest BCUT2D eigenvalue weighted by molar-refractivity contribution is 5.98. The van der Waals surface area contributed by atoms with Crippen LogP contribution in [0.4, 0.5) is 11.4 Å². The molecule has 0 amide bonds. The Morgan fingerprint density at radius 1 is 0.852 bits per heavy atom. The van der Waals surface area contributed by atoms with Gasteiger partial charge in [-0.25, -0.2) is 0 Å². The van der Waals surface area contributed by atoms with Gasteiger partial charge in [-0.1, -0.05) is 36.4 Å². The highest BCUT2D eigenvalue weighted by Gasteiger charge is 2.36. The largest absolute Gasteiger partial charge is 0.377 e. The molecule has 3 N–H and O–H groups in total. The Morgan fingerprint density at radius 3 is 2.67 bits per heavy atom. The number of benzene rings is 2. The van der Waals surface area contributed by atoms with Crippen molar-refractivity contribution in [1.29, 1.82) is 0 Å². The highest BCUT2D eigenvalue weighted by atomic mass is 15.0. The van der Waals surface area contributed by atoms with Gasteiger partial charge in [0.05, 0.1) is 6.04 Å². The maximum Gasteiger partial charge on any atom is 0.0575 e. The van der Waals surface area contributed by atoms with Crippen LogP contribution >= 0.6 is 0 Å². The molecule has 2 unspecified atom stereocenters. The molecule has 0 radical (unpaired) electrons. The van der Waals surface area contributed by atoms with Gasteiger partial charge in [0.2, 0.25) is 0 Å². The number of hydrogen-bond acceptors (Lipinski definition) is 2. The molecule has 0 saturated heterocycles. The number of H-pyrrole nitrogens is 1. The average Bonchev–Trinajstić information content (AvgIpc) is 3.34. The molecule has 3 heteroatoms. The van der Waals surface area contributed by atoms with Gasteiger partial charge in [0, 0.05) is 46.4 Å². The SMILES string of the molecule is C1=C2c3ccccc3NC2Cc2[nH]c3c(c21)CC1C(=C3)Nc2ccccc21. The number of aromatic nitrogens is 1. The first-order valence-corrected chi connectivity index (χ1v) is 9.74. The first-order valence-electron chi connectivity index (χ1n) is 9.74. The zero-order valence-corrected chi connectivity index (χ0v) is 14.8. The van der Waals surface area contributed by atoms with E-state index in [1.54, 1.807) is 0 Å². The molecule has 4 aliphatic rings. The Hall–Kier alpha value is -3.20. The van der Waals surface area contributed by atoms with Gasteiger partial charge in [-0.3, -0.25) is 0 Å². The van der Waals surface area contributed by atoms with Crippen LogP contribution in [0.1, 0.15) is 39.6 Å². The third kappa shape index (κ3) is 1.76. The van der Waals surface area contributed by atoms with E-state index in [2.05, 4.69) is 76.3 Å². The van der Waals surface area contributed by atoms with Gasteiger partial charge in [-0.2, -0.15) is 0 Å². The number of nitrogens with one attached hydrogen (secondary N) is 3. The van der Waals surface area contributed by atoms with E-state index in [9.17, 15) is 0 Å². The summed E-state index contributed by atoms with van der Waals surface area (Å²) in [5.41, 5.74) is 13.7. The summed E-state index contributed by atoms with van der Waals surface area (Å²) in [6.07, 6.45) is 6.86. The van der Waals surface area contributed by atoms with Crippen LogP contribution < -0.4 is 10.6 Å². The van der Waals surface area contributed by atoms with Crippen LogP contribution in [-0.4, -0.2) is 11.0 Å². The molecule has 27 heavy (non-hydrogen) atoms. The molecule has 2 aliphatic heterocycles. The van der Waals surface area contributed by atoms with Crippen LogP contribution in [0.15, 0.2) is 54.2 Å². The van der Waals surface area contributed by atoms with Crippen LogP contribution in [0.2, 0.25) is 0 Å². The van der Waals surface area contributed by atoms with Crippen molar-refractivity contribution in [2.45, 2.75) is 24.8 Å². The van der Waals surface area contributed by atoms with E-state index in [-0.39, 0.29) is 0 Å². The Morgan fingerprint density at radius 2 is 1.70 bits per heavy atom. The molecule has 1 aromatic heterocycles. The van der Waals surface area contributed by atoms with Crippen LogP contribution in [0.5, 0.6) is 0 Å². The van der Waals surface area contributed by atoms with Crippen molar-refractivity contribution >= 4 is 29.1 Å². The van der Waals surface area contributed by atoms with E-state index in [4.69, 9.17) is 0 Å². The topological polar surface area (TPSA) is 39.9 Å². The van der Waals surface area contributed by atoms with Gasteiger partial charge in [0.15, 0.2) is 0 Å². The van der Waals surface area contributed by atoms with Gasteiger partial charge in [-0.05, 0) is 53.0 Å². The van der Waals surface area contributed by atoms with Crippen LogP contribution in [0.25, 0.3) is 17.7 Å². The number of fused-ring (bicyclic) bond motifs is 9. The smallest absolute Gasteiger partial charge is 0.0575 e. The summed E-state index contributed by atoms with van der Waals surface area (Å²) in [5.74, 6) is 0.457. The molecule has 3 nitrogen and oxygen atoms in total. The minimum atomic E-state index is 0.390. The predicted molar refractivity (Wildman–Crippen MR) is 111 cm³/mol. The monoisotopic (exact) mass is 349 g/mol. The van der Waals surface area contributed by atoms with E-state index in [1.165, 1.54) is 56.3 Å². The van der Waals surface area contributed by atoms with Gasteiger partial charge in [0.1, 0.15) is 0 Å². The zero-order valence-electron chi connectivity index (χ0n) is 14.8. The zero-order chi connectivity index (χ0) is 17.5. The first kappa shape index (κ1) is 13.9. The molecule has 2 atom stereocenters. The van der Waals surface area contributed by atoms with Gasteiger partial charge >= 0.3 is 0 Å². The lowest BCUT2D eigenvalue weighted by Crippen LogP contribution is -2.21. The van der Waals surface area contributed by atoms with Gasteiger partial charge in [-0.15, -0.1) is 0 Å². The number of anilines is 2. The molecular weight excluding hydrogens is 330 g/mol. The lowest BCUT2D eigenvalue weighted by Gasteiger charge is -2.21. The number of aromatic amines is 1. The summed E-state index contributed by atoms with van der Waals surface area (Å²) >= 11 is 0. The molecule has 2 aliphatic carbocycles. The number of allylic oxidation sites excluding steroid dienone is 1. The molecule has 0 spiro atoms. The Balaban J connectivity index is 1.37. The summed E-state index contributed by atoms with van der Waals surface area (Å²) in [7, 11) is 0. The van der Waals surface area contributed by atoms with Gasteiger partial charge < -0.3 is 15.6 Å². The standard InChI is InChI=1S/C24H19N3/c1-3-7-19-13(5-1)15-9-17-18-10-16-14-6-2-4-8-20(14)26-22(16)12-24(18)27-23(17)11-21(15)25-19/h1-9,12,16,21,25-27H,10-11H2. The molecule has 0 fully saturated rings. The fourth-order valence-corrected chi connectivity index (χ4v) is 5.36. The Kier molecular flexibility index (Phi) is 2.45. The van der Waals surface area contributed by atoms with E-state index in [1.807, 2.05) is 0 Å².